The number of allylic oxidation sites excluding steroid dienone is 1. The lowest BCUT2D eigenvalue weighted by Gasteiger charge is -2.18. The molecule has 2 unspecified atom stereocenters. The predicted molar refractivity (Wildman–Crippen MR) is 179 cm³/mol. The minimum Gasteiger partial charge on any atom is -0.462 e. The predicted octanol–water partition coefficient (Wildman–Crippen LogP) is 8.46. The number of benzene rings is 3. The van der Waals surface area contributed by atoms with Gasteiger partial charge in [0.05, 0.1) is 24.9 Å². The summed E-state index contributed by atoms with van der Waals surface area (Å²) >= 11 is 0. The van der Waals surface area contributed by atoms with Gasteiger partial charge in [-0.2, -0.15) is 0 Å². The number of aliphatic hydroxyl groups is 1. The zero-order valence-electron chi connectivity index (χ0n) is 26.8. The molecule has 0 fully saturated rings. The fourth-order valence-corrected chi connectivity index (χ4v) is 5.07. The van der Waals surface area contributed by atoms with Crippen LogP contribution in [-0.4, -0.2) is 36.4 Å². The highest BCUT2D eigenvalue weighted by molar-refractivity contribution is 5.88. The van der Waals surface area contributed by atoms with E-state index in [1.54, 1.807) is 13.0 Å². The van der Waals surface area contributed by atoms with Gasteiger partial charge in [0.25, 0.3) is 0 Å². The number of hydrogen-bond acceptors (Lipinski definition) is 5. The first-order valence-electron chi connectivity index (χ1n) is 15.9. The Morgan fingerprint density at radius 2 is 1.45 bits per heavy atom. The second-order valence-corrected chi connectivity index (χ2v) is 11.4. The minimum atomic E-state index is -0.983. The van der Waals surface area contributed by atoms with Gasteiger partial charge in [-0.15, -0.1) is 0 Å². The van der Waals surface area contributed by atoms with Crippen molar-refractivity contribution >= 4 is 11.9 Å². The van der Waals surface area contributed by atoms with Crippen molar-refractivity contribution in [3.8, 4) is 22.3 Å². The summed E-state index contributed by atoms with van der Waals surface area (Å²) in [6.45, 7) is 11.4. The van der Waals surface area contributed by atoms with Crippen LogP contribution in [0.1, 0.15) is 70.1 Å². The maximum absolute atomic E-state index is 12.2. The first kappa shape index (κ1) is 34.5. The van der Waals surface area contributed by atoms with Crippen LogP contribution >= 0.6 is 0 Å². The first-order chi connectivity index (χ1) is 21.2. The van der Waals surface area contributed by atoms with Gasteiger partial charge in [0.2, 0.25) is 0 Å². The Morgan fingerprint density at radius 3 is 2.07 bits per heavy atom. The van der Waals surface area contributed by atoms with Gasteiger partial charge in [0.1, 0.15) is 0 Å². The fraction of sp³-hybridized carbons (Fsp3) is 0.385. The molecular formula is C39H48O5. The molecule has 5 nitrogen and oxygen atoms in total. The van der Waals surface area contributed by atoms with Crippen LogP contribution in [0, 0.1) is 5.92 Å². The van der Waals surface area contributed by atoms with Crippen molar-refractivity contribution in [2.75, 3.05) is 13.2 Å². The molecule has 0 saturated heterocycles. The molecule has 0 aliphatic carbocycles. The van der Waals surface area contributed by atoms with Crippen LogP contribution < -0.4 is 0 Å². The molecule has 0 heterocycles. The smallest absolute Gasteiger partial charge is 0.336 e. The summed E-state index contributed by atoms with van der Waals surface area (Å²) in [6, 6.07) is 24.3. The molecule has 0 aliphatic heterocycles. The third-order valence-electron chi connectivity index (χ3n) is 7.93. The summed E-state index contributed by atoms with van der Waals surface area (Å²) in [7, 11) is 0. The molecule has 234 valence electrons. The van der Waals surface area contributed by atoms with E-state index < -0.39 is 18.0 Å². The van der Waals surface area contributed by atoms with E-state index >= 15 is 0 Å². The monoisotopic (exact) mass is 596 g/mol. The van der Waals surface area contributed by atoms with Gasteiger partial charge < -0.3 is 14.6 Å². The fourth-order valence-electron chi connectivity index (χ4n) is 5.07. The number of aliphatic hydroxyl groups excluding tert-OH is 1. The van der Waals surface area contributed by atoms with Gasteiger partial charge >= 0.3 is 11.9 Å². The van der Waals surface area contributed by atoms with Gasteiger partial charge in [-0.05, 0) is 84.9 Å². The lowest BCUT2D eigenvalue weighted by molar-refractivity contribution is -0.144. The van der Waals surface area contributed by atoms with Gasteiger partial charge in [-0.25, -0.2) is 9.59 Å². The number of carbonyl (C=O) groups excluding carboxylic acids is 2. The molecule has 44 heavy (non-hydrogen) atoms. The molecule has 3 aromatic rings. The van der Waals surface area contributed by atoms with Gasteiger partial charge in [0.15, 0.2) is 0 Å². The zero-order chi connectivity index (χ0) is 31.9. The Labute approximate surface area is 263 Å². The second-order valence-electron chi connectivity index (χ2n) is 11.4. The summed E-state index contributed by atoms with van der Waals surface area (Å²) < 4.78 is 10.7. The van der Waals surface area contributed by atoms with Crippen molar-refractivity contribution in [3.63, 3.8) is 0 Å². The molecule has 0 bridgehead atoms. The highest BCUT2D eigenvalue weighted by Gasteiger charge is 2.18. The van der Waals surface area contributed by atoms with E-state index in [4.69, 9.17) is 9.47 Å². The Kier molecular flexibility index (Phi) is 14.1. The van der Waals surface area contributed by atoms with Gasteiger partial charge in [-0.3, -0.25) is 0 Å². The molecule has 1 N–H and O–H groups in total. The molecule has 0 radical (unpaired) electrons. The summed E-state index contributed by atoms with van der Waals surface area (Å²) in [5.41, 5.74) is 8.75. The van der Waals surface area contributed by atoms with Crippen molar-refractivity contribution in [2.45, 2.75) is 78.7 Å². The largest absolute Gasteiger partial charge is 0.462 e. The maximum atomic E-state index is 12.2. The second kappa shape index (κ2) is 18.0. The molecular weight excluding hydrogens is 548 g/mol. The van der Waals surface area contributed by atoms with Gasteiger partial charge in [-0.1, -0.05) is 106 Å². The summed E-state index contributed by atoms with van der Waals surface area (Å²) in [5, 5.41) is 9.61. The van der Waals surface area contributed by atoms with E-state index in [0.29, 0.717) is 6.42 Å². The van der Waals surface area contributed by atoms with E-state index in [2.05, 4.69) is 87.2 Å². The van der Waals surface area contributed by atoms with Crippen molar-refractivity contribution in [1.29, 1.82) is 0 Å². The summed E-state index contributed by atoms with van der Waals surface area (Å²) in [5.74, 6) is -1.27. The molecule has 0 aromatic heterocycles. The normalized spacial score (nSPS) is 12.6. The van der Waals surface area contributed by atoms with Crippen LogP contribution in [0.2, 0.25) is 0 Å². The van der Waals surface area contributed by atoms with E-state index in [9.17, 15) is 14.7 Å². The highest BCUT2D eigenvalue weighted by atomic mass is 16.5. The van der Waals surface area contributed by atoms with Gasteiger partial charge in [0, 0.05) is 12.0 Å². The summed E-state index contributed by atoms with van der Waals surface area (Å²) in [6.07, 6.45) is 9.22. The van der Waals surface area contributed by atoms with Crippen molar-refractivity contribution < 1.29 is 24.2 Å². The van der Waals surface area contributed by atoms with Crippen molar-refractivity contribution in [3.05, 3.63) is 108 Å². The number of ether oxygens (including phenoxy) is 2. The van der Waals surface area contributed by atoms with E-state index in [1.165, 1.54) is 65.6 Å². The molecule has 2 atom stereocenters. The Hall–Kier alpha value is -3.96. The lowest BCUT2D eigenvalue weighted by Crippen LogP contribution is -2.23. The number of carbonyl (C=O) groups is 2. The first-order valence-corrected chi connectivity index (χ1v) is 15.9. The SMILES string of the molecule is C=C(C(=O)OCC(CCc1ccc(-c2ccc(-c3ccc(CCCCC)cc3)cc2CC)cc1)COC(=O)/C=C/C)C(C)O. The average Bonchev–Trinajstić information content (AvgIpc) is 3.04. The third kappa shape index (κ3) is 10.6. The van der Waals surface area contributed by atoms with E-state index in [-0.39, 0.29) is 24.7 Å². The topological polar surface area (TPSA) is 72.8 Å². The molecule has 0 aliphatic rings. The Morgan fingerprint density at radius 1 is 0.841 bits per heavy atom. The third-order valence-corrected chi connectivity index (χ3v) is 7.93. The molecule has 0 spiro atoms. The molecule has 5 heteroatoms. The Bertz CT molecular complexity index is 1380. The zero-order valence-corrected chi connectivity index (χ0v) is 26.8. The molecule has 0 saturated carbocycles. The van der Waals surface area contributed by atoms with Crippen molar-refractivity contribution in [1.82, 2.24) is 0 Å². The van der Waals surface area contributed by atoms with Crippen LogP contribution in [0.15, 0.2) is 91.0 Å². The van der Waals surface area contributed by atoms with Crippen molar-refractivity contribution in [2.24, 2.45) is 5.92 Å². The summed E-state index contributed by atoms with van der Waals surface area (Å²) in [4.78, 5) is 24.1. The highest BCUT2D eigenvalue weighted by Crippen LogP contribution is 2.30. The van der Waals surface area contributed by atoms with Crippen LogP contribution in [0.25, 0.3) is 22.3 Å². The minimum absolute atomic E-state index is 0.000409. The number of unbranched alkanes of at least 4 members (excludes halogenated alkanes) is 2. The average molecular weight is 597 g/mol. The molecule has 3 rings (SSSR count). The van der Waals surface area contributed by atoms with Crippen LogP contribution in [-0.2, 0) is 38.3 Å². The van der Waals surface area contributed by atoms with Crippen LogP contribution in [0.4, 0.5) is 0 Å². The van der Waals surface area contributed by atoms with E-state index in [0.717, 1.165) is 24.8 Å². The number of hydrogen-bond donors (Lipinski definition) is 1. The maximum Gasteiger partial charge on any atom is 0.336 e. The molecule has 0 amide bonds. The van der Waals surface area contributed by atoms with Crippen LogP contribution in [0.5, 0.6) is 0 Å². The quantitative estimate of drug-likeness (QED) is 0.0961. The molecule has 3 aromatic carbocycles. The lowest BCUT2D eigenvalue weighted by atomic mass is 9.92. The van der Waals surface area contributed by atoms with E-state index in [1.807, 2.05) is 0 Å². The number of esters is 2. The Balaban J connectivity index is 1.66. The standard InChI is InChI=1S/C39H48O5/c1-6-9-10-12-30-15-19-34(20-16-30)36-23-24-37(33(8-3)25-36)35-21-17-31(18-22-35)13-14-32(26-43-38(41)11-7-2)27-44-39(42)28(4)29(5)40/h7,11,15-25,29,32,40H,4,6,8-10,12-14,26-27H2,1-3,5H3/b11-7+. The van der Waals surface area contributed by atoms with Crippen LogP contribution in [0.3, 0.4) is 0 Å². The number of aryl methyl sites for hydroxylation is 3. The number of rotatable bonds is 17.